The number of halogens is 1. The summed E-state index contributed by atoms with van der Waals surface area (Å²) in [4.78, 5) is 6.07. The molecule has 0 aliphatic heterocycles. The lowest BCUT2D eigenvalue weighted by molar-refractivity contribution is 0.302. The third kappa shape index (κ3) is 5.18. The fraction of sp³-hybridized carbons (Fsp3) is 0.240. The van der Waals surface area contributed by atoms with Crippen LogP contribution >= 0.6 is 23.4 Å². The maximum absolute atomic E-state index is 6.00. The van der Waals surface area contributed by atoms with E-state index in [0.29, 0.717) is 6.61 Å². The molecule has 4 aromatic rings. The first-order valence-corrected chi connectivity index (χ1v) is 11.6. The van der Waals surface area contributed by atoms with Crippen molar-refractivity contribution in [3.8, 4) is 5.75 Å². The number of para-hydroxylation sites is 2. The van der Waals surface area contributed by atoms with E-state index in [2.05, 4.69) is 66.1 Å². The molecule has 0 unspecified atom stereocenters. The van der Waals surface area contributed by atoms with Crippen molar-refractivity contribution in [2.24, 2.45) is 0 Å². The first-order chi connectivity index (χ1) is 14.7. The maximum atomic E-state index is 6.00. The molecule has 0 aliphatic rings. The van der Waals surface area contributed by atoms with Gasteiger partial charge in [0.25, 0.3) is 0 Å². The molecular formula is C25H25ClN2OS. The molecule has 0 atom stereocenters. The molecule has 0 saturated carbocycles. The Hall–Kier alpha value is -2.43. The quantitative estimate of drug-likeness (QED) is 0.208. The van der Waals surface area contributed by atoms with Crippen molar-refractivity contribution in [2.75, 3.05) is 6.61 Å². The van der Waals surface area contributed by atoms with Gasteiger partial charge in [-0.3, -0.25) is 0 Å². The van der Waals surface area contributed by atoms with Gasteiger partial charge in [-0.2, -0.15) is 0 Å². The van der Waals surface area contributed by atoms with E-state index >= 15 is 0 Å². The van der Waals surface area contributed by atoms with E-state index < -0.39 is 0 Å². The summed E-state index contributed by atoms with van der Waals surface area (Å²) < 4.78 is 8.27. The second-order valence-electron chi connectivity index (χ2n) is 7.11. The van der Waals surface area contributed by atoms with Gasteiger partial charge in [-0.1, -0.05) is 42.8 Å². The van der Waals surface area contributed by atoms with Gasteiger partial charge in [0.2, 0.25) is 0 Å². The zero-order valence-electron chi connectivity index (χ0n) is 17.1. The van der Waals surface area contributed by atoms with E-state index in [-0.39, 0.29) is 0 Å². The van der Waals surface area contributed by atoms with Crippen molar-refractivity contribution < 1.29 is 4.74 Å². The first-order valence-electron chi connectivity index (χ1n) is 10.3. The molecule has 154 valence electrons. The third-order valence-corrected chi connectivity index (χ3v) is 6.30. The molecule has 0 aliphatic carbocycles. The van der Waals surface area contributed by atoms with Crippen molar-refractivity contribution in [1.82, 2.24) is 9.55 Å². The van der Waals surface area contributed by atoms with Crippen molar-refractivity contribution in [1.29, 1.82) is 0 Å². The van der Waals surface area contributed by atoms with E-state index in [1.807, 2.05) is 18.2 Å². The van der Waals surface area contributed by atoms with E-state index in [1.54, 1.807) is 11.8 Å². The maximum Gasteiger partial charge on any atom is 0.120 e. The highest BCUT2D eigenvalue weighted by Gasteiger charge is 2.11. The topological polar surface area (TPSA) is 27.1 Å². The highest BCUT2D eigenvalue weighted by atomic mass is 35.5. The molecule has 0 radical (unpaired) electrons. The van der Waals surface area contributed by atoms with Gasteiger partial charge in [0, 0.05) is 16.5 Å². The summed E-state index contributed by atoms with van der Waals surface area (Å²) in [7, 11) is 0. The lowest BCUT2D eigenvalue weighted by Crippen LogP contribution is -2.07. The molecule has 3 nitrogen and oxygen atoms in total. The van der Waals surface area contributed by atoms with Crippen molar-refractivity contribution in [3.63, 3.8) is 0 Å². The Morgan fingerprint density at radius 2 is 1.73 bits per heavy atom. The minimum absolute atomic E-state index is 0.682. The molecule has 0 bridgehead atoms. The predicted molar refractivity (Wildman–Crippen MR) is 127 cm³/mol. The van der Waals surface area contributed by atoms with Crippen molar-refractivity contribution >= 4 is 34.4 Å². The lowest BCUT2D eigenvalue weighted by atomic mass is 10.2. The fourth-order valence-electron chi connectivity index (χ4n) is 3.40. The van der Waals surface area contributed by atoms with Crippen LogP contribution in [0, 0.1) is 0 Å². The molecule has 0 N–H and O–H groups in total. The van der Waals surface area contributed by atoms with Crippen LogP contribution in [0.5, 0.6) is 5.75 Å². The number of thioether (sulfide) groups is 1. The molecule has 4 rings (SSSR count). The van der Waals surface area contributed by atoms with E-state index in [4.69, 9.17) is 21.3 Å². The summed E-state index contributed by atoms with van der Waals surface area (Å²) in [5.74, 6) is 2.83. The largest absolute Gasteiger partial charge is 0.494 e. The molecule has 3 aromatic carbocycles. The molecule has 0 fully saturated rings. The van der Waals surface area contributed by atoms with Gasteiger partial charge in [-0.15, -0.1) is 11.8 Å². The number of benzene rings is 3. The van der Waals surface area contributed by atoms with Crippen LogP contribution in [0.15, 0.2) is 77.7 Å². The van der Waals surface area contributed by atoms with Crippen LogP contribution < -0.4 is 4.74 Å². The number of hydrogen-bond donors (Lipinski definition) is 0. The molecule has 30 heavy (non-hydrogen) atoms. The van der Waals surface area contributed by atoms with Gasteiger partial charge >= 0.3 is 0 Å². The number of aromatic nitrogens is 2. The van der Waals surface area contributed by atoms with Gasteiger partial charge in [-0.25, -0.2) is 4.98 Å². The smallest absolute Gasteiger partial charge is 0.120 e. The van der Waals surface area contributed by atoms with Crippen LogP contribution in [0.1, 0.15) is 24.7 Å². The summed E-state index contributed by atoms with van der Waals surface area (Å²) in [6.45, 7) is 3.72. The number of imidazole rings is 1. The van der Waals surface area contributed by atoms with Crippen molar-refractivity contribution in [2.45, 2.75) is 37.0 Å². The first kappa shape index (κ1) is 20.8. The average Bonchev–Trinajstić information content (AvgIpc) is 3.14. The molecule has 5 heteroatoms. The summed E-state index contributed by atoms with van der Waals surface area (Å²) in [6.07, 6.45) is 1.97. The van der Waals surface area contributed by atoms with Gasteiger partial charge in [0.15, 0.2) is 0 Å². The Bertz CT molecular complexity index is 1090. The summed E-state index contributed by atoms with van der Waals surface area (Å²) in [5.41, 5.74) is 3.55. The molecular weight excluding hydrogens is 412 g/mol. The monoisotopic (exact) mass is 436 g/mol. The number of ether oxygens (including phenoxy) is 1. The van der Waals surface area contributed by atoms with Crippen LogP contribution in [0.2, 0.25) is 5.02 Å². The second kappa shape index (κ2) is 10.1. The van der Waals surface area contributed by atoms with Crippen LogP contribution in [0.4, 0.5) is 0 Å². The number of nitrogens with zero attached hydrogens (tertiary/aromatic N) is 2. The Balaban J connectivity index is 1.41. The standard InChI is InChI=1S/C25H25ClN2OS/c1-2-19-8-12-21(13-9-19)29-17-5-16-28-24-7-4-3-6-23(24)27-25(28)18-30-22-14-10-20(26)11-15-22/h3-4,6-15H,2,5,16-18H2,1H3. The number of fused-ring (bicyclic) bond motifs is 1. The number of aryl methyl sites for hydroxylation is 2. The van der Waals surface area contributed by atoms with E-state index in [1.165, 1.54) is 16.0 Å². The Morgan fingerprint density at radius 3 is 2.50 bits per heavy atom. The third-order valence-electron chi connectivity index (χ3n) is 5.04. The van der Waals surface area contributed by atoms with Crippen molar-refractivity contribution in [3.05, 3.63) is 89.2 Å². The van der Waals surface area contributed by atoms with Crippen LogP contribution in [-0.4, -0.2) is 16.2 Å². The molecule has 1 aromatic heterocycles. The minimum Gasteiger partial charge on any atom is -0.494 e. The number of hydrogen-bond acceptors (Lipinski definition) is 3. The summed E-state index contributed by atoms with van der Waals surface area (Å²) >= 11 is 7.78. The average molecular weight is 437 g/mol. The molecule has 0 spiro atoms. The highest BCUT2D eigenvalue weighted by Crippen LogP contribution is 2.26. The Labute approximate surface area is 187 Å². The zero-order valence-corrected chi connectivity index (χ0v) is 18.6. The summed E-state index contributed by atoms with van der Waals surface area (Å²) in [5, 5.41) is 0.760. The predicted octanol–water partition coefficient (Wildman–Crippen LogP) is 7.01. The second-order valence-corrected chi connectivity index (χ2v) is 8.60. The Kier molecular flexibility index (Phi) is 6.98. The van der Waals surface area contributed by atoms with E-state index in [0.717, 1.165) is 47.3 Å². The molecule has 0 saturated heterocycles. The summed E-state index contributed by atoms with van der Waals surface area (Å²) in [6, 6.07) is 24.7. The number of rotatable bonds is 9. The molecule has 0 amide bonds. The zero-order chi connectivity index (χ0) is 20.8. The van der Waals surface area contributed by atoms with Gasteiger partial charge < -0.3 is 9.30 Å². The SMILES string of the molecule is CCc1ccc(OCCCn2c(CSc3ccc(Cl)cc3)nc3ccccc32)cc1. The van der Waals surface area contributed by atoms with Crippen LogP contribution in [-0.2, 0) is 18.7 Å². The Morgan fingerprint density at radius 1 is 0.967 bits per heavy atom. The highest BCUT2D eigenvalue weighted by molar-refractivity contribution is 7.98. The van der Waals surface area contributed by atoms with Gasteiger partial charge in [0.05, 0.1) is 23.4 Å². The van der Waals surface area contributed by atoms with Gasteiger partial charge in [0.1, 0.15) is 11.6 Å². The normalized spacial score (nSPS) is 11.1. The van der Waals surface area contributed by atoms with Gasteiger partial charge in [-0.05, 0) is 66.9 Å². The molecule has 1 heterocycles. The van der Waals surface area contributed by atoms with Crippen LogP contribution in [0.3, 0.4) is 0 Å². The van der Waals surface area contributed by atoms with Crippen LogP contribution in [0.25, 0.3) is 11.0 Å². The lowest BCUT2D eigenvalue weighted by Gasteiger charge is -2.11. The minimum atomic E-state index is 0.682. The fourth-order valence-corrected chi connectivity index (χ4v) is 4.37. The van der Waals surface area contributed by atoms with E-state index in [9.17, 15) is 0 Å².